The van der Waals surface area contributed by atoms with Gasteiger partial charge in [0.05, 0.1) is 0 Å². The van der Waals surface area contributed by atoms with E-state index in [-0.39, 0.29) is 12.5 Å². The van der Waals surface area contributed by atoms with Crippen LogP contribution in [-0.4, -0.2) is 25.1 Å². The number of fused-ring (bicyclic) bond motifs is 1. The Labute approximate surface area is 179 Å². The molecule has 4 rings (SSSR count). The summed E-state index contributed by atoms with van der Waals surface area (Å²) < 4.78 is 2.54. The molecule has 2 heterocycles. The van der Waals surface area contributed by atoms with Gasteiger partial charge >= 0.3 is 5.69 Å². The molecule has 158 valence electrons. The standard InChI is InChI=1S/C23H24N6O2/c1-15-9-10-19(11-16(15)2)26-22-25-17(3)12-20-27-28(23(31)29(20)22)14-21(30)24-13-18-7-5-4-6-8-18/h4-12H,13-14H2,1-3H3,(H,24,30)(H,25,26). The lowest BCUT2D eigenvalue weighted by atomic mass is 10.1. The van der Waals surface area contributed by atoms with E-state index in [1.807, 2.05) is 69.3 Å². The molecule has 0 atom stereocenters. The number of carbonyl (C=O) groups excluding carboxylic acids is 1. The van der Waals surface area contributed by atoms with E-state index in [9.17, 15) is 9.59 Å². The van der Waals surface area contributed by atoms with Crippen molar-refractivity contribution in [3.63, 3.8) is 0 Å². The number of hydrogen-bond acceptors (Lipinski definition) is 5. The van der Waals surface area contributed by atoms with Crippen LogP contribution in [0.1, 0.15) is 22.4 Å². The van der Waals surface area contributed by atoms with Crippen molar-refractivity contribution in [2.75, 3.05) is 5.32 Å². The van der Waals surface area contributed by atoms with Crippen molar-refractivity contribution in [3.05, 3.63) is 87.5 Å². The molecule has 0 unspecified atom stereocenters. The van der Waals surface area contributed by atoms with Gasteiger partial charge in [-0.2, -0.15) is 0 Å². The zero-order valence-electron chi connectivity index (χ0n) is 17.7. The summed E-state index contributed by atoms with van der Waals surface area (Å²) in [5.74, 6) is 0.0712. The highest BCUT2D eigenvalue weighted by Crippen LogP contribution is 2.19. The molecule has 8 nitrogen and oxygen atoms in total. The van der Waals surface area contributed by atoms with Crippen LogP contribution in [0.3, 0.4) is 0 Å². The Morgan fingerprint density at radius 1 is 1.00 bits per heavy atom. The molecule has 2 N–H and O–H groups in total. The Morgan fingerprint density at radius 2 is 1.77 bits per heavy atom. The highest BCUT2D eigenvalue weighted by atomic mass is 16.2. The number of aryl methyl sites for hydroxylation is 3. The van der Waals surface area contributed by atoms with E-state index in [1.54, 1.807) is 6.07 Å². The van der Waals surface area contributed by atoms with Crippen molar-refractivity contribution in [1.29, 1.82) is 0 Å². The van der Waals surface area contributed by atoms with Crippen LogP contribution in [0.15, 0.2) is 59.4 Å². The molecule has 0 spiro atoms. The summed E-state index contributed by atoms with van der Waals surface area (Å²) in [6, 6.07) is 17.2. The van der Waals surface area contributed by atoms with E-state index in [4.69, 9.17) is 0 Å². The molecule has 0 saturated carbocycles. The first kappa shape index (κ1) is 20.3. The van der Waals surface area contributed by atoms with Gasteiger partial charge in [0.15, 0.2) is 5.65 Å². The van der Waals surface area contributed by atoms with Gasteiger partial charge < -0.3 is 10.6 Å². The van der Waals surface area contributed by atoms with Gasteiger partial charge in [0.2, 0.25) is 11.9 Å². The third kappa shape index (κ3) is 4.48. The van der Waals surface area contributed by atoms with Crippen molar-refractivity contribution in [2.45, 2.75) is 33.9 Å². The lowest BCUT2D eigenvalue weighted by Crippen LogP contribution is -2.32. The van der Waals surface area contributed by atoms with E-state index < -0.39 is 5.69 Å². The van der Waals surface area contributed by atoms with Gasteiger partial charge in [-0.1, -0.05) is 36.4 Å². The molecular formula is C23H24N6O2. The van der Waals surface area contributed by atoms with Gasteiger partial charge in [0, 0.05) is 24.0 Å². The molecule has 0 aliphatic carbocycles. The number of rotatable bonds is 6. The van der Waals surface area contributed by atoms with Crippen molar-refractivity contribution in [3.8, 4) is 0 Å². The third-order valence-corrected chi connectivity index (χ3v) is 5.09. The molecule has 2 aromatic heterocycles. The highest BCUT2D eigenvalue weighted by Gasteiger charge is 2.15. The molecule has 0 bridgehead atoms. The molecule has 0 saturated heterocycles. The number of nitrogens with one attached hydrogen (secondary N) is 2. The number of anilines is 2. The number of hydrogen-bond donors (Lipinski definition) is 2. The van der Waals surface area contributed by atoms with Crippen molar-refractivity contribution in [2.24, 2.45) is 0 Å². The Hall–Kier alpha value is -3.94. The molecule has 0 aliphatic heterocycles. The predicted molar refractivity (Wildman–Crippen MR) is 119 cm³/mol. The first-order valence-corrected chi connectivity index (χ1v) is 10.0. The first-order chi connectivity index (χ1) is 14.9. The Balaban J connectivity index is 1.59. The molecule has 0 aliphatic rings. The molecule has 1 amide bonds. The molecule has 4 aromatic rings. The van der Waals surface area contributed by atoms with Crippen LogP contribution in [-0.2, 0) is 17.9 Å². The van der Waals surface area contributed by atoms with Crippen LogP contribution in [0.5, 0.6) is 0 Å². The largest absolute Gasteiger partial charge is 0.353 e. The first-order valence-electron chi connectivity index (χ1n) is 10.0. The van der Waals surface area contributed by atoms with E-state index in [2.05, 4.69) is 20.7 Å². The van der Waals surface area contributed by atoms with Crippen molar-refractivity contribution in [1.82, 2.24) is 24.5 Å². The Bertz CT molecular complexity index is 1310. The molecule has 31 heavy (non-hydrogen) atoms. The second-order valence-electron chi connectivity index (χ2n) is 7.54. The van der Waals surface area contributed by atoms with Crippen molar-refractivity contribution >= 4 is 23.2 Å². The molecule has 0 fully saturated rings. The maximum absolute atomic E-state index is 13.0. The fraction of sp³-hybridized carbons (Fsp3) is 0.217. The number of benzene rings is 2. The summed E-state index contributed by atoms with van der Waals surface area (Å²) in [5.41, 5.74) is 4.83. The lowest BCUT2D eigenvalue weighted by molar-refractivity contribution is -0.122. The zero-order valence-corrected chi connectivity index (χ0v) is 17.7. The molecule has 0 radical (unpaired) electrons. The molecule has 2 aromatic carbocycles. The van der Waals surface area contributed by atoms with Gasteiger partial charge in [-0.05, 0) is 49.6 Å². The predicted octanol–water partition coefficient (Wildman–Crippen LogP) is 2.88. The van der Waals surface area contributed by atoms with E-state index in [0.717, 1.165) is 21.5 Å². The van der Waals surface area contributed by atoms with Gasteiger partial charge in [-0.3, -0.25) is 4.79 Å². The van der Waals surface area contributed by atoms with Crippen molar-refractivity contribution < 1.29 is 4.79 Å². The second-order valence-corrected chi connectivity index (χ2v) is 7.54. The molecule has 8 heteroatoms. The van der Waals surface area contributed by atoms with Gasteiger partial charge in [0.25, 0.3) is 0 Å². The number of carbonyl (C=O) groups is 1. The maximum atomic E-state index is 13.0. The van der Waals surface area contributed by atoms with Gasteiger partial charge in [0.1, 0.15) is 6.54 Å². The fourth-order valence-electron chi connectivity index (χ4n) is 3.28. The highest BCUT2D eigenvalue weighted by molar-refractivity contribution is 5.75. The van der Waals surface area contributed by atoms with Gasteiger partial charge in [-0.25, -0.2) is 18.9 Å². The molecular weight excluding hydrogens is 392 g/mol. The summed E-state index contributed by atoms with van der Waals surface area (Å²) in [4.78, 5) is 29.8. The third-order valence-electron chi connectivity index (χ3n) is 5.09. The summed E-state index contributed by atoms with van der Waals surface area (Å²) in [6.07, 6.45) is 0. The smallest absolute Gasteiger partial charge is 0.350 e. The zero-order chi connectivity index (χ0) is 22.0. The van der Waals surface area contributed by atoms with E-state index >= 15 is 0 Å². The van der Waals surface area contributed by atoms with E-state index in [1.165, 1.54) is 9.96 Å². The maximum Gasteiger partial charge on any atom is 0.353 e. The summed E-state index contributed by atoms with van der Waals surface area (Å²) in [6.45, 7) is 6.12. The van der Waals surface area contributed by atoms with Crippen LogP contribution >= 0.6 is 0 Å². The monoisotopic (exact) mass is 416 g/mol. The summed E-state index contributed by atoms with van der Waals surface area (Å²) in [7, 11) is 0. The van der Waals surface area contributed by atoms with Gasteiger partial charge in [-0.15, -0.1) is 5.10 Å². The van der Waals surface area contributed by atoms with Crippen LogP contribution in [0.25, 0.3) is 5.65 Å². The van der Waals surface area contributed by atoms with Crippen LogP contribution in [0.4, 0.5) is 11.6 Å². The summed E-state index contributed by atoms with van der Waals surface area (Å²) >= 11 is 0. The Kier molecular flexibility index (Phi) is 5.53. The lowest BCUT2D eigenvalue weighted by Gasteiger charge is -2.09. The number of amides is 1. The minimum atomic E-state index is -0.427. The summed E-state index contributed by atoms with van der Waals surface area (Å²) in [5, 5.41) is 10.4. The SMILES string of the molecule is Cc1cc2nn(CC(=O)NCc3ccccc3)c(=O)n2c(Nc2ccc(C)c(C)c2)n1. The fourth-order valence-corrected chi connectivity index (χ4v) is 3.28. The van der Waals surface area contributed by atoms with Crippen LogP contribution in [0, 0.1) is 20.8 Å². The van der Waals surface area contributed by atoms with Crippen LogP contribution < -0.4 is 16.3 Å². The Morgan fingerprint density at radius 3 is 2.52 bits per heavy atom. The minimum absolute atomic E-state index is 0.171. The second kappa shape index (κ2) is 8.43. The van der Waals surface area contributed by atoms with E-state index in [0.29, 0.717) is 23.8 Å². The van der Waals surface area contributed by atoms with Crippen LogP contribution in [0.2, 0.25) is 0 Å². The average molecular weight is 416 g/mol. The normalized spacial score (nSPS) is 10.9. The quantitative estimate of drug-likeness (QED) is 0.504. The number of aromatic nitrogens is 4. The average Bonchev–Trinajstić information content (AvgIpc) is 3.05. The number of nitrogens with zero attached hydrogens (tertiary/aromatic N) is 4. The topological polar surface area (TPSA) is 93.3 Å². The minimum Gasteiger partial charge on any atom is -0.350 e.